The van der Waals surface area contributed by atoms with Gasteiger partial charge in [-0.1, -0.05) is 35.9 Å². The maximum atomic E-state index is 12.1. The molecule has 1 N–H and O–H groups in total. The number of benzene rings is 1. The van der Waals surface area contributed by atoms with Crippen LogP contribution in [0.25, 0.3) is 10.8 Å². The van der Waals surface area contributed by atoms with Crippen LogP contribution in [0.1, 0.15) is 22.6 Å². The van der Waals surface area contributed by atoms with Gasteiger partial charge < -0.3 is 9.73 Å². The average Bonchev–Trinajstić information content (AvgIpc) is 3.17. The lowest BCUT2D eigenvalue weighted by molar-refractivity contribution is -0.120. The van der Waals surface area contributed by atoms with Crippen molar-refractivity contribution in [2.24, 2.45) is 0 Å². The van der Waals surface area contributed by atoms with Gasteiger partial charge in [0.05, 0.1) is 17.0 Å². The maximum absolute atomic E-state index is 12.1. The monoisotopic (exact) mass is 326 g/mol. The van der Waals surface area contributed by atoms with Crippen LogP contribution in [0.4, 0.5) is 0 Å². The van der Waals surface area contributed by atoms with Crippen molar-refractivity contribution >= 4 is 17.2 Å². The summed E-state index contributed by atoms with van der Waals surface area (Å²) < 4.78 is 5.66. The molecule has 0 spiro atoms. The van der Waals surface area contributed by atoms with Crippen molar-refractivity contribution in [2.45, 2.75) is 26.8 Å². The zero-order chi connectivity index (χ0) is 16.2. The predicted octanol–water partition coefficient (Wildman–Crippen LogP) is 3.88. The average molecular weight is 326 g/mol. The Morgan fingerprint density at radius 1 is 1.22 bits per heavy atom. The van der Waals surface area contributed by atoms with E-state index in [0.717, 1.165) is 10.4 Å². The first kappa shape index (κ1) is 15.5. The van der Waals surface area contributed by atoms with E-state index >= 15 is 0 Å². The standard InChI is InChI=1S/C18H18N2O2S/c1-12-5-7-14(8-6-12)11-19-17(21)10-15-13(2)22-18(20-15)16-4-3-9-23-16/h3-9H,10-11H2,1-2H3,(H,19,21). The van der Waals surface area contributed by atoms with E-state index in [4.69, 9.17) is 4.42 Å². The van der Waals surface area contributed by atoms with Crippen molar-refractivity contribution in [3.63, 3.8) is 0 Å². The minimum Gasteiger partial charge on any atom is -0.440 e. The normalized spacial score (nSPS) is 10.7. The molecular weight excluding hydrogens is 308 g/mol. The number of aromatic nitrogens is 1. The van der Waals surface area contributed by atoms with E-state index in [2.05, 4.69) is 10.3 Å². The van der Waals surface area contributed by atoms with Crippen molar-refractivity contribution in [3.8, 4) is 10.8 Å². The second kappa shape index (κ2) is 6.79. The number of amides is 1. The third kappa shape index (κ3) is 3.87. The van der Waals surface area contributed by atoms with Crippen LogP contribution < -0.4 is 5.32 Å². The van der Waals surface area contributed by atoms with Gasteiger partial charge in [0.25, 0.3) is 0 Å². The fourth-order valence-electron chi connectivity index (χ4n) is 2.22. The van der Waals surface area contributed by atoms with E-state index in [0.29, 0.717) is 23.9 Å². The van der Waals surface area contributed by atoms with Gasteiger partial charge in [0.15, 0.2) is 0 Å². The minimum atomic E-state index is -0.0558. The third-order valence-electron chi connectivity index (χ3n) is 3.56. The molecule has 0 fully saturated rings. The lowest BCUT2D eigenvalue weighted by Gasteiger charge is -2.05. The van der Waals surface area contributed by atoms with E-state index in [1.54, 1.807) is 11.3 Å². The third-order valence-corrected chi connectivity index (χ3v) is 4.42. The van der Waals surface area contributed by atoms with Crippen molar-refractivity contribution in [2.75, 3.05) is 0 Å². The number of thiophene rings is 1. The van der Waals surface area contributed by atoms with Crippen LogP contribution in [0.3, 0.4) is 0 Å². The number of carbonyl (C=O) groups is 1. The zero-order valence-electron chi connectivity index (χ0n) is 13.1. The van der Waals surface area contributed by atoms with Gasteiger partial charge in [-0.15, -0.1) is 11.3 Å². The smallest absolute Gasteiger partial charge is 0.236 e. The van der Waals surface area contributed by atoms with Crippen molar-refractivity contribution in [1.29, 1.82) is 0 Å². The summed E-state index contributed by atoms with van der Waals surface area (Å²) in [6.07, 6.45) is 0.229. The van der Waals surface area contributed by atoms with Gasteiger partial charge in [-0.2, -0.15) is 0 Å². The Morgan fingerprint density at radius 2 is 2.00 bits per heavy atom. The number of rotatable bonds is 5. The molecule has 0 saturated carbocycles. The Kier molecular flexibility index (Phi) is 4.57. The van der Waals surface area contributed by atoms with Gasteiger partial charge in [0.2, 0.25) is 11.8 Å². The summed E-state index contributed by atoms with van der Waals surface area (Å²) in [6, 6.07) is 12.0. The molecule has 2 heterocycles. The molecule has 0 atom stereocenters. The van der Waals surface area contributed by atoms with Crippen LogP contribution in [0, 0.1) is 13.8 Å². The largest absolute Gasteiger partial charge is 0.440 e. The molecule has 0 aliphatic rings. The molecule has 3 rings (SSSR count). The van der Waals surface area contributed by atoms with Crippen molar-refractivity contribution in [3.05, 3.63) is 64.4 Å². The van der Waals surface area contributed by atoms with Crippen molar-refractivity contribution in [1.82, 2.24) is 10.3 Å². The van der Waals surface area contributed by atoms with Gasteiger partial charge in [0, 0.05) is 6.54 Å². The van der Waals surface area contributed by atoms with E-state index in [1.165, 1.54) is 5.56 Å². The first-order valence-electron chi connectivity index (χ1n) is 7.44. The summed E-state index contributed by atoms with van der Waals surface area (Å²) in [6.45, 7) is 4.40. The Labute approximate surface area is 139 Å². The maximum Gasteiger partial charge on any atom is 0.236 e. The second-order valence-electron chi connectivity index (χ2n) is 5.44. The molecule has 1 amide bonds. The second-order valence-corrected chi connectivity index (χ2v) is 6.39. The zero-order valence-corrected chi connectivity index (χ0v) is 13.9. The fourth-order valence-corrected chi connectivity index (χ4v) is 2.87. The number of nitrogens with one attached hydrogen (secondary N) is 1. The molecule has 0 aliphatic heterocycles. The summed E-state index contributed by atoms with van der Waals surface area (Å²) in [5.74, 6) is 1.22. The van der Waals surface area contributed by atoms with Crippen LogP contribution in [-0.2, 0) is 17.8 Å². The van der Waals surface area contributed by atoms with Crippen LogP contribution in [0.2, 0.25) is 0 Å². The SMILES string of the molecule is Cc1ccc(CNC(=O)Cc2nc(-c3cccs3)oc2C)cc1. The van der Waals surface area contributed by atoms with Crippen LogP contribution in [0.5, 0.6) is 0 Å². The van der Waals surface area contributed by atoms with Crippen molar-refractivity contribution < 1.29 is 9.21 Å². The molecule has 0 bridgehead atoms. The summed E-state index contributed by atoms with van der Waals surface area (Å²) in [4.78, 5) is 17.5. The number of aryl methyl sites for hydroxylation is 2. The Hall–Kier alpha value is -2.40. The molecule has 0 aliphatic carbocycles. The van der Waals surface area contributed by atoms with E-state index in [9.17, 15) is 4.79 Å². The molecule has 0 radical (unpaired) electrons. The van der Waals surface area contributed by atoms with Gasteiger partial charge >= 0.3 is 0 Å². The first-order chi connectivity index (χ1) is 11.1. The Bertz CT molecular complexity index is 789. The van der Waals surface area contributed by atoms with Gasteiger partial charge in [-0.25, -0.2) is 4.98 Å². The summed E-state index contributed by atoms with van der Waals surface area (Å²) in [7, 11) is 0. The first-order valence-corrected chi connectivity index (χ1v) is 8.32. The predicted molar refractivity (Wildman–Crippen MR) is 91.3 cm³/mol. The highest BCUT2D eigenvalue weighted by Gasteiger charge is 2.15. The molecule has 3 aromatic rings. The quantitative estimate of drug-likeness (QED) is 0.774. The van der Waals surface area contributed by atoms with Crippen LogP contribution >= 0.6 is 11.3 Å². The van der Waals surface area contributed by atoms with Crippen LogP contribution in [0.15, 0.2) is 46.2 Å². The number of nitrogens with zero attached hydrogens (tertiary/aromatic N) is 1. The van der Waals surface area contributed by atoms with E-state index < -0.39 is 0 Å². The minimum absolute atomic E-state index is 0.0558. The lowest BCUT2D eigenvalue weighted by Crippen LogP contribution is -2.24. The van der Waals surface area contributed by atoms with Gasteiger partial charge in [0.1, 0.15) is 5.76 Å². The fraction of sp³-hybridized carbons (Fsp3) is 0.222. The highest BCUT2D eigenvalue weighted by atomic mass is 32.1. The molecule has 1 aromatic carbocycles. The molecule has 0 unspecified atom stereocenters. The Morgan fingerprint density at radius 3 is 2.70 bits per heavy atom. The molecule has 4 nitrogen and oxygen atoms in total. The topological polar surface area (TPSA) is 55.1 Å². The molecule has 2 aromatic heterocycles. The highest BCUT2D eigenvalue weighted by molar-refractivity contribution is 7.13. The Balaban J connectivity index is 1.60. The summed E-state index contributed by atoms with van der Waals surface area (Å²) in [5.41, 5.74) is 2.98. The van der Waals surface area contributed by atoms with E-state index in [1.807, 2.05) is 55.6 Å². The molecule has 23 heavy (non-hydrogen) atoms. The van der Waals surface area contributed by atoms with Gasteiger partial charge in [-0.05, 0) is 30.9 Å². The highest BCUT2D eigenvalue weighted by Crippen LogP contribution is 2.26. The number of hydrogen-bond acceptors (Lipinski definition) is 4. The van der Waals surface area contributed by atoms with Gasteiger partial charge in [-0.3, -0.25) is 4.79 Å². The number of hydrogen-bond donors (Lipinski definition) is 1. The van der Waals surface area contributed by atoms with Crippen LogP contribution in [-0.4, -0.2) is 10.9 Å². The molecular formula is C18H18N2O2S. The molecule has 5 heteroatoms. The molecule has 118 valence electrons. The number of oxazole rings is 1. The lowest BCUT2D eigenvalue weighted by atomic mass is 10.1. The summed E-state index contributed by atoms with van der Waals surface area (Å²) >= 11 is 1.57. The number of carbonyl (C=O) groups excluding carboxylic acids is 1. The van der Waals surface area contributed by atoms with E-state index in [-0.39, 0.29) is 12.3 Å². The summed E-state index contributed by atoms with van der Waals surface area (Å²) in [5, 5.41) is 4.90. The molecule has 0 saturated heterocycles.